The third-order valence-electron chi connectivity index (χ3n) is 4.02. The Labute approximate surface area is 137 Å². The largest absolute Gasteiger partial charge is 0.493 e. The Morgan fingerprint density at radius 3 is 2.76 bits per heavy atom. The third-order valence-corrected chi connectivity index (χ3v) is 4.48. The van der Waals surface area contributed by atoms with Crippen LogP contribution < -0.4 is 10.1 Å². The summed E-state index contributed by atoms with van der Waals surface area (Å²) in [4.78, 5) is 0. The molecule has 0 aromatic heterocycles. The lowest BCUT2D eigenvalue weighted by atomic mass is 9.96. The maximum atomic E-state index is 5.81. The van der Waals surface area contributed by atoms with E-state index in [1.54, 1.807) is 0 Å². The number of halogens is 1. The Kier molecular flexibility index (Phi) is 5.73. The van der Waals surface area contributed by atoms with Crippen molar-refractivity contribution in [3.05, 3.63) is 27.7 Å². The van der Waals surface area contributed by atoms with Crippen molar-refractivity contribution in [3.63, 3.8) is 0 Å². The molecular formula is C18H28BrNO. The molecule has 1 aliphatic rings. The van der Waals surface area contributed by atoms with E-state index in [-0.39, 0.29) is 5.54 Å². The van der Waals surface area contributed by atoms with Crippen LogP contribution in [0.5, 0.6) is 5.75 Å². The number of benzene rings is 1. The fourth-order valence-electron chi connectivity index (χ4n) is 2.77. The smallest absolute Gasteiger partial charge is 0.125 e. The zero-order valence-corrected chi connectivity index (χ0v) is 15.3. The number of rotatable bonds is 6. The van der Waals surface area contributed by atoms with E-state index in [4.69, 9.17) is 4.74 Å². The van der Waals surface area contributed by atoms with Crippen LogP contribution in [0.3, 0.4) is 0 Å². The topological polar surface area (TPSA) is 21.3 Å². The maximum absolute atomic E-state index is 5.81. The minimum atomic E-state index is 0.221. The number of hydrogen-bond acceptors (Lipinski definition) is 2. The van der Waals surface area contributed by atoms with E-state index in [1.165, 1.54) is 28.4 Å². The zero-order valence-electron chi connectivity index (χ0n) is 13.8. The number of nitrogens with one attached hydrogen (secondary N) is 1. The normalized spacial score (nSPS) is 15.7. The molecule has 0 saturated heterocycles. The molecule has 1 atom stereocenters. The number of aryl methyl sites for hydroxylation is 1. The summed E-state index contributed by atoms with van der Waals surface area (Å²) in [5, 5.41) is 3.57. The quantitative estimate of drug-likeness (QED) is 0.797. The van der Waals surface area contributed by atoms with Crippen molar-refractivity contribution in [2.75, 3.05) is 13.2 Å². The van der Waals surface area contributed by atoms with Crippen LogP contribution in [0.2, 0.25) is 0 Å². The van der Waals surface area contributed by atoms with Gasteiger partial charge in [-0.1, -0.05) is 22.9 Å². The van der Waals surface area contributed by atoms with Gasteiger partial charge in [0.15, 0.2) is 0 Å². The van der Waals surface area contributed by atoms with E-state index in [1.807, 2.05) is 0 Å². The van der Waals surface area contributed by atoms with Gasteiger partial charge in [0.05, 0.1) is 6.61 Å². The van der Waals surface area contributed by atoms with E-state index in [0.29, 0.717) is 0 Å². The fraction of sp³-hybridized carbons (Fsp3) is 0.667. The van der Waals surface area contributed by atoms with Gasteiger partial charge in [0, 0.05) is 16.4 Å². The highest BCUT2D eigenvalue weighted by Gasteiger charge is 2.18. The lowest BCUT2D eigenvalue weighted by Crippen LogP contribution is -2.36. The Morgan fingerprint density at radius 2 is 2.05 bits per heavy atom. The average molecular weight is 354 g/mol. The van der Waals surface area contributed by atoms with E-state index in [9.17, 15) is 0 Å². The number of hydrogen-bond donors (Lipinski definition) is 1. The fourth-order valence-corrected chi connectivity index (χ4v) is 3.32. The first-order valence-corrected chi connectivity index (χ1v) is 8.83. The van der Waals surface area contributed by atoms with Crippen molar-refractivity contribution in [1.29, 1.82) is 0 Å². The van der Waals surface area contributed by atoms with E-state index >= 15 is 0 Å². The van der Waals surface area contributed by atoms with Gasteiger partial charge in [-0.3, -0.25) is 0 Å². The molecule has 2 rings (SSSR count). The van der Waals surface area contributed by atoms with Gasteiger partial charge in [0.1, 0.15) is 5.75 Å². The Morgan fingerprint density at radius 1 is 1.29 bits per heavy atom. The van der Waals surface area contributed by atoms with Gasteiger partial charge in [-0.15, -0.1) is 0 Å². The second-order valence-electron chi connectivity index (χ2n) is 7.26. The summed E-state index contributed by atoms with van der Waals surface area (Å²) in [6.45, 7) is 10.9. The van der Waals surface area contributed by atoms with Crippen molar-refractivity contribution >= 4 is 15.9 Å². The predicted octanol–water partition coefficient (Wildman–Crippen LogP) is 4.73. The van der Waals surface area contributed by atoms with Crippen molar-refractivity contribution in [2.24, 2.45) is 5.92 Å². The molecule has 3 heteroatoms. The van der Waals surface area contributed by atoms with Crippen LogP contribution in [0.25, 0.3) is 0 Å². The maximum Gasteiger partial charge on any atom is 0.125 e. The summed E-state index contributed by atoms with van der Waals surface area (Å²) >= 11 is 3.62. The van der Waals surface area contributed by atoms with Gasteiger partial charge in [-0.25, -0.2) is 0 Å². The molecule has 0 amide bonds. The lowest BCUT2D eigenvalue weighted by Gasteiger charge is -2.22. The van der Waals surface area contributed by atoms with Crippen LogP contribution in [0.15, 0.2) is 16.6 Å². The molecule has 0 fully saturated rings. The minimum absolute atomic E-state index is 0.221. The number of fused-ring (bicyclic) bond motifs is 1. The zero-order chi connectivity index (χ0) is 15.5. The highest BCUT2D eigenvalue weighted by Crippen LogP contribution is 2.34. The van der Waals surface area contributed by atoms with E-state index < -0.39 is 0 Å². The monoisotopic (exact) mass is 353 g/mol. The van der Waals surface area contributed by atoms with E-state index in [0.717, 1.165) is 37.7 Å². The van der Waals surface area contributed by atoms with Crippen molar-refractivity contribution in [1.82, 2.24) is 5.32 Å². The summed E-state index contributed by atoms with van der Waals surface area (Å²) in [5.74, 6) is 1.88. The number of ether oxygens (including phenoxy) is 1. The van der Waals surface area contributed by atoms with Crippen LogP contribution in [-0.2, 0) is 12.8 Å². The van der Waals surface area contributed by atoms with Crippen LogP contribution in [-0.4, -0.2) is 18.7 Å². The second-order valence-corrected chi connectivity index (χ2v) is 8.18. The Balaban J connectivity index is 1.83. The lowest BCUT2D eigenvalue weighted by molar-refractivity contribution is 0.351. The Bertz CT molecular complexity index is 479. The first-order chi connectivity index (χ1) is 9.85. The summed E-state index contributed by atoms with van der Waals surface area (Å²) in [6.07, 6.45) is 4.61. The third kappa shape index (κ3) is 5.30. The molecule has 0 bridgehead atoms. The molecule has 1 N–H and O–H groups in total. The Hall–Kier alpha value is -0.540. The van der Waals surface area contributed by atoms with Gasteiger partial charge in [0.2, 0.25) is 0 Å². The van der Waals surface area contributed by atoms with Crippen LogP contribution in [0.4, 0.5) is 0 Å². The summed E-state index contributed by atoms with van der Waals surface area (Å²) < 4.78 is 6.99. The molecule has 1 aliphatic heterocycles. The summed E-state index contributed by atoms with van der Waals surface area (Å²) in [7, 11) is 0. The van der Waals surface area contributed by atoms with Crippen molar-refractivity contribution in [3.8, 4) is 5.75 Å². The molecule has 1 unspecified atom stereocenters. The van der Waals surface area contributed by atoms with Crippen LogP contribution >= 0.6 is 15.9 Å². The second kappa shape index (κ2) is 7.15. The molecule has 1 aromatic carbocycles. The molecule has 0 radical (unpaired) electrons. The van der Waals surface area contributed by atoms with Gasteiger partial charge in [-0.2, -0.15) is 0 Å². The van der Waals surface area contributed by atoms with Crippen LogP contribution in [0, 0.1) is 5.92 Å². The highest BCUT2D eigenvalue weighted by molar-refractivity contribution is 9.10. The van der Waals surface area contributed by atoms with Gasteiger partial charge in [0.25, 0.3) is 0 Å². The first kappa shape index (κ1) is 16.8. The van der Waals surface area contributed by atoms with Gasteiger partial charge < -0.3 is 10.1 Å². The summed E-state index contributed by atoms with van der Waals surface area (Å²) in [5.41, 5.74) is 2.95. The predicted molar refractivity (Wildman–Crippen MR) is 93.2 cm³/mol. The highest BCUT2D eigenvalue weighted by atomic mass is 79.9. The SMILES string of the molecule is CC(CCNC(C)(C)C)CCc1cc(Br)cc2c1OCC2. The van der Waals surface area contributed by atoms with Crippen LogP contribution in [0.1, 0.15) is 51.7 Å². The molecular weight excluding hydrogens is 326 g/mol. The molecule has 1 aromatic rings. The molecule has 0 saturated carbocycles. The molecule has 21 heavy (non-hydrogen) atoms. The average Bonchev–Trinajstić information content (AvgIpc) is 2.82. The van der Waals surface area contributed by atoms with Gasteiger partial charge >= 0.3 is 0 Å². The molecule has 0 spiro atoms. The van der Waals surface area contributed by atoms with Crippen molar-refractivity contribution < 1.29 is 4.74 Å². The summed E-state index contributed by atoms with van der Waals surface area (Å²) in [6, 6.07) is 4.42. The molecule has 1 heterocycles. The first-order valence-electron chi connectivity index (χ1n) is 8.04. The molecule has 0 aliphatic carbocycles. The molecule has 118 valence electrons. The van der Waals surface area contributed by atoms with Gasteiger partial charge in [-0.05, 0) is 75.8 Å². The molecule has 2 nitrogen and oxygen atoms in total. The van der Waals surface area contributed by atoms with Crippen molar-refractivity contribution in [2.45, 2.75) is 58.9 Å². The standard InChI is InChI=1S/C18H28BrNO/c1-13(7-9-20-18(2,3)4)5-6-14-11-16(19)12-15-8-10-21-17(14)15/h11-13,20H,5-10H2,1-4H3. The minimum Gasteiger partial charge on any atom is -0.493 e. The van der Waals surface area contributed by atoms with E-state index in [2.05, 4.69) is 61.1 Å².